The summed E-state index contributed by atoms with van der Waals surface area (Å²) in [5.41, 5.74) is 21.9. The van der Waals surface area contributed by atoms with Crippen LogP contribution in [-0.4, -0.2) is 24.5 Å². The second-order valence-corrected chi connectivity index (χ2v) is 27.8. The molecule has 0 N–H and O–H groups in total. The van der Waals surface area contributed by atoms with Gasteiger partial charge in [-0.1, -0.05) is 192 Å². The van der Waals surface area contributed by atoms with Crippen molar-refractivity contribution in [3.05, 3.63) is 223 Å². The third kappa shape index (κ3) is 9.79. The molecule has 4 aliphatic carbocycles. The fraction of sp³-hybridized carbons (Fsp3) is 0.279. The molecule has 4 fully saturated rings. The maximum atomic E-state index is 5.68. The van der Waals surface area contributed by atoms with E-state index in [-0.39, 0.29) is 0 Å². The standard InChI is InChI=1S/C86H77N5/c1-6-18-54(19-7-1)60-32-38-69-71-40-34-62(56-22-10-3-11-23-56)50-77(71)85-83(75(69)48-60)87-52-79(89-85)66-28-16-26-58(44-66)64-36-42-81-73(46-64)74-47-65(37-43-82(74)91(81)68-30-14-5-15-31-68)59-27-17-29-67(45-59)80-53-88-84-76-49-61(55-20-8-2-9-21-55)33-39-70(76)72-41-35-63(51-78(72)86(84)90-80)57-24-12-4-13-25-57/h5,14-17,26-57H,1-4,6-13,18-25H2. The van der Waals surface area contributed by atoms with Gasteiger partial charge in [-0.3, -0.25) is 9.97 Å². The third-order valence-corrected chi connectivity index (χ3v) is 22.4. The molecule has 0 saturated heterocycles. The van der Waals surface area contributed by atoms with Crippen molar-refractivity contribution < 1.29 is 0 Å². The molecule has 0 radical (unpaired) electrons. The Hall–Kier alpha value is -9.06. The van der Waals surface area contributed by atoms with Gasteiger partial charge in [0.25, 0.3) is 0 Å². The molecule has 446 valence electrons. The Kier molecular flexibility index (Phi) is 13.9. The van der Waals surface area contributed by atoms with Crippen LogP contribution in [0.25, 0.3) is 137 Å². The number of rotatable bonds is 9. The summed E-state index contributed by atoms with van der Waals surface area (Å²) in [6.45, 7) is 0. The Balaban J connectivity index is 0.735. The van der Waals surface area contributed by atoms with Gasteiger partial charge < -0.3 is 4.57 Å². The highest BCUT2D eigenvalue weighted by molar-refractivity contribution is 6.25. The average molecular weight is 1180 g/mol. The number of aromatic nitrogens is 5. The van der Waals surface area contributed by atoms with Gasteiger partial charge in [0.15, 0.2) is 0 Å². The highest BCUT2D eigenvalue weighted by Crippen LogP contribution is 2.46. The predicted molar refractivity (Wildman–Crippen MR) is 382 cm³/mol. The zero-order valence-corrected chi connectivity index (χ0v) is 52.2. The summed E-state index contributed by atoms with van der Waals surface area (Å²) in [6.07, 6.45) is 30.1. The molecule has 4 saturated carbocycles. The van der Waals surface area contributed by atoms with Gasteiger partial charge >= 0.3 is 0 Å². The molecule has 14 aromatic rings. The Morgan fingerprint density at radius 1 is 0.253 bits per heavy atom. The summed E-state index contributed by atoms with van der Waals surface area (Å²) in [6, 6.07) is 72.1. The Morgan fingerprint density at radius 2 is 0.593 bits per heavy atom. The number of para-hydroxylation sites is 1. The first-order chi connectivity index (χ1) is 45.1. The topological polar surface area (TPSA) is 56.5 Å². The molecular weight excluding hydrogens is 1100 g/mol. The lowest BCUT2D eigenvalue weighted by Crippen LogP contribution is -2.05. The maximum absolute atomic E-state index is 5.68. The minimum atomic E-state index is 0.598. The van der Waals surface area contributed by atoms with Crippen molar-refractivity contribution in [3.8, 4) is 50.5 Å². The summed E-state index contributed by atoms with van der Waals surface area (Å²) in [5.74, 6) is 2.42. The van der Waals surface area contributed by atoms with Gasteiger partial charge in [-0.05, 0) is 214 Å². The lowest BCUT2D eigenvalue weighted by molar-refractivity contribution is 0.444. The van der Waals surface area contributed by atoms with E-state index in [2.05, 4.69) is 193 Å². The van der Waals surface area contributed by atoms with Gasteiger partial charge in [0.05, 0.1) is 56.9 Å². The van der Waals surface area contributed by atoms with Gasteiger partial charge in [0, 0.05) is 49.1 Å². The van der Waals surface area contributed by atoms with Crippen LogP contribution >= 0.6 is 0 Å². The minimum Gasteiger partial charge on any atom is -0.309 e. The molecule has 0 spiro atoms. The van der Waals surface area contributed by atoms with E-state index >= 15 is 0 Å². The van der Waals surface area contributed by atoms with Crippen LogP contribution in [0, 0.1) is 0 Å². The molecule has 91 heavy (non-hydrogen) atoms. The monoisotopic (exact) mass is 1180 g/mol. The van der Waals surface area contributed by atoms with Crippen molar-refractivity contribution in [3.63, 3.8) is 0 Å². The van der Waals surface area contributed by atoms with E-state index in [0.717, 1.165) is 72.5 Å². The minimum absolute atomic E-state index is 0.598. The first kappa shape index (κ1) is 54.8. The predicted octanol–water partition coefficient (Wildman–Crippen LogP) is 24.1. The fourth-order valence-corrected chi connectivity index (χ4v) is 17.5. The SMILES string of the molecule is c1ccc(-n2c3ccc(-c4cccc(-c5cnc6c7cc(C8CCCCC8)ccc7c7ccc(C8CCCCC8)cc7c6n5)c4)cc3c3cc(-c4cccc(-c5cnc6c7cc(C8CCCCC8)ccc7c7ccc(C8CCCCC8)cc7c6n5)c4)ccc32)cc1. The van der Waals surface area contributed by atoms with Crippen LogP contribution in [0.1, 0.15) is 174 Å². The summed E-state index contributed by atoms with van der Waals surface area (Å²) in [4.78, 5) is 22.2. The summed E-state index contributed by atoms with van der Waals surface area (Å²) < 4.78 is 2.43. The lowest BCUT2D eigenvalue weighted by Gasteiger charge is -2.23. The van der Waals surface area contributed by atoms with Gasteiger partial charge in [-0.2, -0.15) is 0 Å². The smallest absolute Gasteiger partial charge is 0.0979 e. The van der Waals surface area contributed by atoms with Crippen molar-refractivity contribution in [2.75, 3.05) is 0 Å². The molecule has 4 aliphatic rings. The quantitative estimate of drug-likeness (QED) is 0.135. The summed E-state index contributed by atoms with van der Waals surface area (Å²) in [7, 11) is 0. The number of nitrogens with zero attached hydrogens (tertiary/aromatic N) is 5. The van der Waals surface area contributed by atoms with Gasteiger partial charge in [-0.25, -0.2) is 9.97 Å². The van der Waals surface area contributed by atoms with Crippen LogP contribution in [0.5, 0.6) is 0 Å². The third-order valence-electron chi connectivity index (χ3n) is 22.4. The van der Waals surface area contributed by atoms with Crippen LogP contribution in [0.15, 0.2) is 200 Å². The van der Waals surface area contributed by atoms with E-state index in [1.165, 1.54) is 216 Å². The van der Waals surface area contributed by atoms with E-state index in [1.54, 1.807) is 0 Å². The molecule has 0 unspecified atom stereocenters. The number of hydrogen-bond acceptors (Lipinski definition) is 4. The second kappa shape index (κ2) is 23.0. The van der Waals surface area contributed by atoms with E-state index in [4.69, 9.17) is 19.9 Å². The maximum Gasteiger partial charge on any atom is 0.0979 e. The number of benzene rings is 11. The first-order valence-electron chi connectivity index (χ1n) is 34.8. The van der Waals surface area contributed by atoms with E-state index in [0.29, 0.717) is 23.7 Å². The molecule has 5 nitrogen and oxygen atoms in total. The molecule has 3 aromatic heterocycles. The Labute approximate surface area is 533 Å². The molecule has 18 rings (SSSR count). The molecule has 0 aliphatic heterocycles. The van der Waals surface area contributed by atoms with Crippen LogP contribution in [0.4, 0.5) is 0 Å². The molecule has 0 amide bonds. The van der Waals surface area contributed by atoms with Crippen molar-refractivity contribution in [2.45, 2.75) is 152 Å². The molecule has 0 bridgehead atoms. The molecule has 3 heterocycles. The van der Waals surface area contributed by atoms with Crippen LogP contribution in [-0.2, 0) is 0 Å². The fourth-order valence-electron chi connectivity index (χ4n) is 17.5. The highest BCUT2D eigenvalue weighted by Gasteiger charge is 2.25. The molecule has 11 aromatic carbocycles. The van der Waals surface area contributed by atoms with Gasteiger partial charge in [0.2, 0.25) is 0 Å². The van der Waals surface area contributed by atoms with Gasteiger partial charge in [0.1, 0.15) is 0 Å². The van der Waals surface area contributed by atoms with Crippen molar-refractivity contribution in [2.24, 2.45) is 0 Å². The first-order valence-corrected chi connectivity index (χ1v) is 34.8. The number of hydrogen-bond donors (Lipinski definition) is 0. The summed E-state index contributed by atoms with van der Waals surface area (Å²) in [5, 5.41) is 12.5. The van der Waals surface area contributed by atoms with E-state index in [9.17, 15) is 0 Å². The number of fused-ring (bicyclic) bond motifs is 15. The van der Waals surface area contributed by atoms with E-state index < -0.39 is 0 Å². The second-order valence-electron chi connectivity index (χ2n) is 27.8. The van der Waals surface area contributed by atoms with E-state index in [1.807, 2.05) is 12.4 Å². The van der Waals surface area contributed by atoms with Crippen molar-refractivity contribution in [1.29, 1.82) is 0 Å². The molecule has 0 atom stereocenters. The molecular formula is C86H77N5. The largest absolute Gasteiger partial charge is 0.309 e. The van der Waals surface area contributed by atoms with Crippen molar-refractivity contribution in [1.82, 2.24) is 24.5 Å². The summed E-state index contributed by atoms with van der Waals surface area (Å²) >= 11 is 0. The Morgan fingerprint density at radius 3 is 0.967 bits per heavy atom. The lowest BCUT2D eigenvalue weighted by atomic mass is 9.82. The van der Waals surface area contributed by atoms with Crippen LogP contribution in [0.3, 0.4) is 0 Å². The normalized spacial score (nSPS) is 16.8. The average Bonchev–Trinajstić information content (AvgIpc) is 1.65. The highest BCUT2D eigenvalue weighted by atomic mass is 15.0. The van der Waals surface area contributed by atoms with Crippen molar-refractivity contribution >= 4 is 87.0 Å². The zero-order valence-electron chi connectivity index (χ0n) is 52.2. The van der Waals surface area contributed by atoms with Gasteiger partial charge in [-0.15, -0.1) is 0 Å². The Bertz CT molecular complexity index is 4860. The molecule has 5 heteroatoms. The van der Waals surface area contributed by atoms with Crippen LogP contribution in [0.2, 0.25) is 0 Å². The van der Waals surface area contributed by atoms with Crippen LogP contribution < -0.4 is 0 Å². The zero-order chi connectivity index (χ0) is 59.9.